The molecule has 6 nitrogen and oxygen atoms in total. The summed E-state index contributed by atoms with van der Waals surface area (Å²) in [4.78, 5) is 21.0. The molecule has 7 heteroatoms. The smallest absolute Gasteiger partial charge is 0.335 e. The van der Waals surface area contributed by atoms with E-state index in [1.165, 1.54) is 42.5 Å². The Hall–Kier alpha value is -2.60. The molecule has 0 saturated heterocycles. The maximum absolute atomic E-state index is 10.8. The van der Waals surface area contributed by atoms with Crippen molar-refractivity contribution in [3.8, 4) is 11.5 Å². The zero-order chi connectivity index (χ0) is 14.7. The number of carboxylic acid groups (broad SMARTS) is 1. The Bertz CT molecular complexity index is 686. The van der Waals surface area contributed by atoms with Crippen LogP contribution in [0, 0.1) is 10.1 Å². The summed E-state index contributed by atoms with van der Waals surface area (Å²) in [6.45, 7) is 0. The minimum Gasteiger partial charge on any atom is -0.478 e. The predicted molar refractivity (Wildman–Crippen MR) is 71.6 cm³/mol. The zero-order valence-electron chi connectivity index (χ0n) is 9.95. The average molecular weight is 294 g/mol. The van der Waals surface area contributed by atoms with E-state index in [4.69, 9.17) is 21.4 Å². The molecule has 2 aromatic rings. The molecule has 0 aliphatic rings. The first kappa shape index (κ1) is 13.8. The number of nitro groups is 1. The molecule has 1 N–H and O–H groups in total. The molecule has 0 fully saturated rings. The van der Waals surface area contributed by atoms with Crippen LogP contribution in [-0.2, 0) is 0 Å². The summed E-state index contributed by atoms with van der Waals surface area (Å²) in [5, 5.41) is 19.8. The predicted octanol–water partition coefficient (Wildman–Crippen LogP) is 3.74. The van der Waals surface area contributed by atoms with Crippen molar-refractivity contribution in [2.45, 2.75) is 0 Å². The molecule has 0 aliphatic heterocycles. The largest absolute Gasteiger partial charge is 0.478 e. The normalized spacial score (nSPS) is 10.1. The van der Waals surface area contributed by atoms with Crippen molar-refractivity contribution >= 4 is 23.3 Å². The van der Waals surface area contributed by atoms with Crippen molar-refractivity contribution in [2.24, 2.45) is 0 Å². The Labute approximate surface area is 118 Å². The first-order chi connectivity index (χ1) is 9.47. The SMILES string of the molecule is O=C(O)c1cccc(Oc2cc([N+](=O)[O-])ccc2Cl)c1. The van der Waals surface area contributed by atoms with Crippen molar-refractivity contribution in [1.82, 2.24) is 0 Å². The summed E-state index contributed by atoms with van der Waals surface area (Å²) in [6, 6.07) is 9.52. The van der Waals surface area contributed by atoms with E-state index in [1.54, 1.807) is 0 Å². The van der Waals surface area contributed by atoms with Gasteiger partial charge in [0, 0.05) is 6.07 Å². The molecule has 102 valence electrons. The van der Waals surface area contributed by atoms with Crippen LogP contribution in [0.25, 0.3) is 0 Å². The molecule has 0 unspecified atom stereocenters. The number of benzene rings is 2. The molecule has 0 radical (unpaired) electrons. The minimum atomic E-state index is -1.10. The Morgan fingerprint density at radius 2 is 2.00 bits per heavy atom. The second kappa shape index (κ2) is 5.58. The number of rotatable bonds is 4. The number of hydrogen-bond donors (Lipinski definition) is 1. The van der Waals surface area contributed by atoms with Crippen molar-refractivity contribution in [1.29, 1.82) is 0 Å². The van der Waals surface area contributed by atoms with Crippen molar-refractivity contribution < 1.29 is 19.6 Å². The van der Waals surface area contributed by atoms with E-state index in [0.717, 1.165) is 0 Å². The van der Waals surface area contributed by atoms with Gasteiger partial charge in [0.1, 0.15) is 5.75 Å². The van der Waals surface area contributed by atoms with Gasteiger partial charge in [-0.15, -0.1) is 0 Å². The molecule has 2 aromatic carbocycles. The standard InChI is InChI=1S/C13H8ClNO5/c14-11-5-4-9(15(18)19)7-12(11)20-10-3-1-2-8(6-10)13(16)17/h1-7H,(H,16,17). The van der Waals surface area contributed by atoms with E-state index in [-0.39, 0.29) is 27.8 Å². The van der Waals surface area contributed by atoms with Gasteiger partial charge in [-0.3, -0.25) is 10.1 Å². The highest BCUT2D eigenvalue weighted by molar-refractivity contribution is 6.32. The number of aromatic carboxylic acids is 1. The van der Waals surface area contributed by atoms with Gasteiger partial charge in [0.15, 0.2) is 5.75 Å². The Kier molecular flexibility index (Phi) is 3.86. The van der Waals surface area contributed by atoms with Gasteiger partial charge in [0.2, 0.25) is 0 Å². The summed E-state index contributed by atoms with van der Waals surface area (Å²) in [7, 11) is 0. The molecule has 0 aliphatic carbocycles. The van der Waals surface area contributed by atoms with Crippen LogP contribution in [0.5, 0.6) is 11.5 Å². The highest BCUT2D eigenvalue weighted by Crippen LogP contribution is 2.32. The van der Waals surface area contributed by atoms with Gasteiger partial charge in [-0.05, 0) is 24.3 Å². The first-order valence-corrected chi connectivity index (χ1v) is 5.80. The van der Waals surface area contributed by atoms with Gasteiger partial charge in [-0.1, -0.05) is 17.7 Å². The van der Waals surface area contributed by atoms with Crippen LogP contribution in [0.15, 0.2) is 42.5 Å². The minimum absolute atomic E-state index is 0.0454. The molecule has 0 aromatic heterocycles. The third kappa shape index (κ3) is 3.04. The molecule has 0 atom stereocenters. The summed E-state index contributed by atoms with van der Waals surface area (Å²) >= 11 is 5.89. The zero-order valence-corrected chi connectivity index (χ0v) is 10.7. The maximum atomic E-state index is 10.8. The maximum Gasteiger partial charge on any atom is 0.335 e. The fourth-order valence-electron chi connectivity index (χ4n) is 1.50. The topological polar surface area (TPSA) is 89.7 Å². The van der Waals surface area contributed by atoms with Gasteiger partial charge in [0.05, 0.1) is 21.6 Å². The molecule has 0 spiro atoms. The average Bonchev–Trinajstić information content (AvgIpc) is 2.41. The molecule has 20 heavy (non-hydrogen) atoms. The molecule has 0 saturated carbocycles. The van der Waals surface area contributed by atoms with Gasteiger partial charge in [0.25, 0.3) is 5.69 Å². The number of carbonyl (C=O) groups is 1. The van der Waals surface area contributed by atoms with E-state index in [1.807, 2.05) is 0 Å². The number of carboxylic acids is 1. The lowest BCUT2D eigenvalue weighted by Gasteiger charge is -2.07. The van der Waals surface area contributed by atoms with E-state index < -0.39 is 10.9 Å². The number of non-ortho nitro benzene ring substituents is 1. The van der Waals surface area contributed by atoms with Crippen LogP contribution >= 0.6 is 11.6 Å². The van der Waals surface area contributed by atoms with E-state index in [0.29, 0.717) is 0 Å². The lowest BCUT2D eigenvalue weighted by molar-refractivity contribution is -0.384. The summed E-state index contributed by atoms with van der Waals surface area (Å²) < 4.78 is 5.39. The number of ether oxygens (including phenoxy) is 1. The van der Waals surface area contributed by atoms with E-state index >= 15 is 0 Å². The number of nitrogens with zero attached hydrogens (tertiary/aromatic N) is 1. The molecule has 0 heterocycles. The van der Waals surface area contributed by atoms with Gasteiger partial charge >= 0.3 is 5.97 Å². The fourth-order valence-corrected chi connectivity index (χ4v) is 1.66. The molecule has 2 rings (SSSR count). The third-order valence-corrected chi connectivity index (χ3v) is 2.75. The molecule has 0 bridgehead atoms. The second-order valence-corrected chi connectivity index (χ2v) is 4.21. The van der Waals surface area contributed by atoms with Gasteiger partial charge < -0.3 is 9.84 Å². The summed E-state index contributed by atoms with van der Waals surface area (Å²) in [5.41, 5.74) is -0.122. The van der Waals surface area contributed by atoms with E-state index in [2.05, 4.69) is 0 Å². The first-order valence-electron chi connectivity index (χ1n) is 5.42. The van der Waals surface area contributed by atoms with Crippen LogP contribution in [0.4, 0.5) is 5.69 Å². The Morgan fingerprint density at radius 3 is 2.65 bits per heavy atom. The van der Waals surface area contributed by atoms with E-state index in [9.17, 15) is 14.9 Å². The molecular formula is C13H8ClNO5. The number of nitro benzene ring substituents is 1. The van der Waals surface area contributed by atoms with Crippen LogP contribution in [0.3, 0.4) is 0 Å². The number of halogens is 1. The van der Waals surface area contributed by atoms with Crippen molar-refractivity contribution in [2.75, 3.05) is 0 Å². The lowest BCUT2D eigenvalue weighted by Crippen LogP contribution is -1.96. The van der Waals surface area contributed by atoms with Crippen LogP contribution < -0.4 is 4.74 Å². The van der Waals surface area contributed by atoms with Crippen LogP contribution in [0.2, 0.25) is 5.02 Å². The van der Waals surface area contributed by atoms with Crippen LogP contribution in [-0.4, -0.2) is 16.0 Å². The summed E-state index contributed by atoms with van der Waals surface area (Å²) in [6.07, 6.45) is 0. The second-order valence-electron chi connectivity index (χ2n) is 3.81. The van der Waals surface area contributed by atoms with Gasteiger partial charge in [-0.2, -0.15) is 0 Å². The Balaban J connectivity index is 2.34. The lowest BCUT2D eigenvalue weighted by atomic mass is 10.2. The molecular weight excluding hydrogens is 286 g/mol. The third-order valence-electron chi connectivity index (χ3n) is 2.43. The van der Waals surface area contributed by atoms with Crippen LogP contribution in [0.1, 0.15) is 10.4 Å². The van der Waals surface area contributed by atoms with Crippen molar-refractivity contribution in [3.63, 3.8) is 0 Å². The highest BCUT2D eigenvalue weighted by Gasteiger charge is 2.12. The molecule has 0 amide bonds. The quantitative estimate of drug-likeness (QED) is 0.685. The monoisotopic (exact) mass is 293 g/mol. The van der Waals surface area contributed by atoms with Crippen molar-refractivity contribution in [3.05, 3.63) is 63.2 Å². The highest BCUT2D eigenvalue weighted by atomic mass is 35.5. The Morgan fingerprint density at radius 1 is 1.25 bits per heavy atom. The van der Waals surface area contributed by atoms with Gasteiger partial charge in [-0.25, -0.2) is 4.79 Å². The summed E-state index contributed by atoms with van der Waals surface area (Å²) in [5.74, 6) is -0.781. The fraction of sp³-hybridized carbons (Fsp3) is 0. The number of hydrogen-bond acceptors (Lipinski definition) is 4.